The first-order valence-electron chi connectivity index (χ1n) is 7.98. The van der Waals surface area contributed by atoms with E-state index in [4.69, 9.17) is 0 Å². The maximum atomic E-state index is 12.2. The number of fused-ring (bicyclic) bond motifs is 1. The number of aromatic nitrogens is 3. The Kier molecular flexibility index (Phi) is 3.81. The molecule has 0 aliphatic carbocycles. The van der Waals surface area contributed by atoms with Crippen LogP contribution in [0.4, 0.5) is 5.69 Å². The normalized spacial score (nSPS) is 10.9. The fourth-order valence-electron chi connectivity index (χ4n) is 2.96. The number of rotatable bonds is 4. The van der Waals surface area contributed by atoms with Gasteiger partial charge in [-0.05, 0) is 17.7 Å². The van der Waals surface area contributed by atoms with Crippen LogP contribution in [0.5, 0.6) is 0 Å². The zero-order valence-corrected chi connectivity index (χ0v) is 13.6. The molecule has 0 aliphatic heterocycles. The fourth-order valence-corrected chi connectivity index (χ4v) is 2.96. The monoisotopic (exact) mass is 346 g/mol. The second kappa shape index (κ2) is 6.29. The van der Waals surface area contributed by atoms with E-state index >= 15 is 0 Å². The molecule has 0 amide bonds. The number of nitro groups is 1. The van der Waals surface area contributed by atoms with Gasteiger partial charge in [0.05, 0.1) is 28.7 Å². The maximum Gasteiger partial charge on any atom is 0.278 e. The van der Waals surface area contributed by atoms with Crippen molar-refractivity contribution in [3.63, 3.8) is 0 Å². The van der Waals surface area contributed by atoms with Crippen molar-refractivity contribution in [1.82, 2.24) is 14.8 Å². The molecule has 0 unspecified atom stereocenters. The average Bonchev–Trinajstić information content (AvgIpc) is 3.11. The van der Waals surface area contributed by atoms with Gasteiger partial charge in [0.15, 0.2) is 0 Å². The molecule has 1 N–H and O–H groups in total. The van der Waals surface area contributed by atoms with Crippen molar-refractivity contribution in [2.24, 2.45) is 0 Å². The molecule has 4 aromatic rings. The van der Waals surface area contributed by atoms with Crippen molar-refractivity contribution in [3.05, 3.63) is 93.0 Å². The first-order valence-corrected chi connectivity index (χ1v) is 7.98. The molecule has 0 saturated heterocycles. The Labute approximate surface area is 147 Å². The van der Waals surface area contributed by atoms with Crippen LogP contribution in [-0.4, -0.2) is 19.7 Å². The number of hydrogen-bond acceptors (Lipinski definition) is 4. The van der Waals surface area contributed by atoms with Crippen molar-refractivity contribution in [2.45, 2.75) is 6.54 Å². The van der Waals surface area contributed by atoms with Crippen molar-refractivity contribution in [2.75, 3.05) is 0 Å². The van der Waals surface area contributed by atoms with E-state index in [1.165, 1.54) is 12.1 Å². The number of pyridine rings is 1. The van der Waals surface area contributed by atoms with E-state index < -0.39 is 4.92 Å². The van der Waals surface area contributed by atoms with Gasteiger partial charge in [0.25, 0.3) is 11.2 Å². The lowest BCUT2D eigenvalue weighted by Gasteiger charge is -2.09. The smallest absolute Gasteiger partial charge is 0.278 e. The predicted octanol–water partition coefficient (Wildman–Crippen LogP) is 3.35. The van der Waals surface area contributed by atoms with Crippen LogP contribution >= 0.6 is 0 Å². The Morgan fingerprint density at radius 1 is 1.12 bits per heavy atom. The first-order chi connectivity index (χ1) is 12.6. The second-order valence-corrected chi connectivity index (χ2v) is 5.95. The highest BCUT2D eigenvalue weighted by molar-refractivity contribution is 5.89. The van der Waals surface area contributed by atoms with Gasteiger partial charge in [-0.2, -0.15) is 5.10 Å². The highest BCUT2D eigenvalue weighted by atomic mass is 16.6. The van der Waals surface area contributed by atoms with Crippen LogP contribution < -0.4 is 5.56 Å². The lowest BCUT2D eigenvalue weighted by Crippen LogP contribution is -2.19. The molecule has 26 heavy (non-hydrogen) atoms. The third-order valence-electron chi connectivity index (χ3n) is 4.24. The minimum absolute atomic E-state index is 0.0242. The van der Waals surface area contributed by atoms with E-state index in [2.05, 4.69) is 10.2 Å². The lowest BCUT2D eigenvalue weighted by atomic mass is 10.0. The van der Waals surface area contributed by atoms with E-state index in [9.17, 15) is 14.9 Å². The van der Waals surface area contributed by atoms with Gasteiger partial charge in [-0.25, -0.2) is 0 Å². The van der Waals surface area contributed by atoms with Crippen LogP contribution in [0.15, 0.2) is 71.8 Å². The highest BCUT2D eigenvalue weighted by Gasteiger charge is 2.18. The summed E-state index contributed by atoms with van der Waals surface area (Å²) in [5.41, 5.74) is 2.53. The summed E-state index contributed by atoms with van der Waals surface area (Å²) in [6.07, 6.45) is 3.20. The molecule has 128 valence electrons. The molecule has 2 aromatic heterocycles. The van der Waals surface area contributed by atoms with Crippen LogP contribution in [0.1, 0.15) is 5.56 Å². The molecule has 0 aliphatic rings. The van der Waals surface area contributed by atoms with Crippen molar-refractivity contribution in [1.29, 1.82) is 0 Å². The summed E-state index contributed by atoms with van der Waals surface area (Å²) in [5.74, 6) is 0. The summed E-state index contributed by atoms with van der Waals surface area (Å²) in [5, 5.41) is 18.9. The van der Waals surface area contributed by atoms with E-state index in [0.717, 1.165) is 5.56 Å². The standard InChI is InChI=1S/C19H14N4O3/c24-19-7-6-14(12-22(19)11-13-4-2-1-3-5-13)16-9-17-15(10-20-21-17)8-18(16)23(25)26/h1-10,12H,11H2,(H,20,21). The quantitative estimate of drug-likeness (QED) is 0.453. The summed E-state index contributed by atoms with van der Waals surface area (Å²) in [6.45, 7) is 0.396. The summed E-state index contributed by atoms with van der Waals surface area (Å²) >= 11 is 0. The third kappa shape index (κ3) is 2.86. The molecule has 7 heteroatoms. The minimum Gasteiger partial charge on any atom is -0.310 e. The molecular weight excluding hydrogens is 332 g/mol. The molecular formula is C19H14N4O3. The van der Waals surface area contributed by atoms with Crippen molar-refractivity contribution < 1.29 is 4.92 Å². The molecule has 0 saturated carbocycles. The Bertz CT molecular complexity index is 1160. The van der Waals surface area contributed by atoms with Crippen LogP contribution in [-0.2, 0) is 6.54 Å². The van der Waals surface area contributed by atoms with Crippen LogP contribution in [0.2, 0.25) is 0 Å². The van der Waals surface area contributed by atoms with Crippen molar-refractivity contribution >= 4 is 16.6 Å². The Morgan fingerprint density at radius 2 is 1.92 bits per heavy atom. The Balaban J connectivity index is 1.84. The average molecular weight is 346 g/mol. The summed E-state index contributed by atoms with van der Waals surface area (Å²) in [6, 6.07) is 15.8. The third-order valence-corrected chi connectivity index (χ3v) is 4.24. The molecule has 0 fully saturated rings. The maximum absolute atomic E-state index is 12.2. The fraction of sp³-hybridized carbons (Fsp3) is 0.0526. The zero-order valence-electron chi connectivity index (χ0n) is 13.6. The van der Waals surface area contributed by atoms with Crippen LogP contribution in [0, 0.1) is 10.1 Å². The summed E-state index contributed by atoms with van der Waals surface area (Å²) in [4.78, 5) is 23.3. The number of nitrogens with zero attached hydrogens (tertiary/aromatic N) is 3. The first kappa shape index (κ1) is 15.8. The molecule has 2 heterocycles. The number of aromatic amines is 1. The Morgan fingerprint density at radius 3 is 2.69 bits per heavy atom. The molecule has 2 aromatic carbocycles. The molecule has 7 nitrogen and oxygen atoms in total. The van der Waals surface area contributed by atoms with Gasteiger partial charge in [-0.3, -0.25) is 20.0 Å². The lowest BCUT2D eigenvalue weighted by molar-refractivity contribution is -0.384. The van der Waals surface area contributed by atoms with Gasteiger partial charge in [0.2, 0.25) is 0 Å². The van der Waals surface area contributed by atoms with E-state index in [-0.39, 0.29) is 11.2 Å². The largest absolute Gasteiger partial charge is 0.310 e. The molecule has 0 atom stereocenters. The SMILES string of the molecule is O=c1ccc(-c2cc3[nH]ncc3cc2[N+](=O)[O-])cn1Cc1ccccc1. The molecule has 4 rings (SSSR count). The second-order valence-electron chi connectivity index (χ2n) is 5.95. The van der Waals surface area contributed by atoms with Gasteiger partial charge in [0.1, 0.15) is 0 Å². The number of benzene rings is 2. The zero-order chi connectivity index (χ0) is 18.1. The molecule has 0 radical (unpaired) electrons. The van der Waals surface area contributed by atoms with Gasteiger partial charge in [-0.15, -0.1) is 0 Å². The minimum atomic E-state index is -0.422. The van der Waals surface area contributed by atoms with E-state index in [0.29, 0.717) is 28.6 Å². The van der Waals surface area contributed by atoms with E-state index in [1.54, 1.807) is 29.1 Å². The van der Waals surface area contributed by atoms with Gasteiger partial charge in [0, 0.05) is 29.3 Å². The number of H-pyrrole nitrogens is 1. The summed E-state index contributed by atoms with van der Waals surface area (Å²) in [7, 11) is 0. The van der Waals surface area contributed by atoms with Crippen LogP contribution in [0.3, 0.4) is 0 Å². The topological polar surface area (TPSA) is 93.8 Å². The van der Waals surface area contributed by atoms with Gasteiger partial charge in [-0.1, -0.05) is 30.3 Å². The number of nitrogens with one attached hydrogen (secondary N) is 1. The number of hydrogen-bond donors (Lipinski definition) is 1. The summed E-state index contributed by atoms with van der Waals surface area (Å²) < 4.78 is 1.55. The molecule has 0 spiro atoms. The van der Waals surface area contributed by atoms with E-state index in [1.807, 2.05) is 30.3 Å². The van der Waals surface area contributed by atoms with Gasteiger partial charge < -0.3 is 4.57 Å². The Hall–Kier alpha value is -3.74. The predicted molar refractivity (Wildman–Crippen MR) is 98.0 cm³/mol. The van der Waals surface area contributed by atoms with Gasteiger partial charge >= 0.3 is 0 Å². The number of nitro benzene ring substituents is 1. The van der Waals surface area contributed by atoms with Crippen LogP contribution in [0.25, 0.3) is 22.0 Å². The molecule has 0 bridgehead atoms. The van der Waals surface area contributed by atoms with Crippen molar-refractivity contribution in [3.8, 4) is 11.1 Å². The highest BCUT2D eigenvalue weighted by Crippen LogP contribution is 2.32.